The highest BCUT2D eigenvalue weighted by Gasteiger charge is 2.14. The third-order valence-electron chi connectivity index (χ3n) is 3.86. The van der Waals surface area contributed by atoms with E-state index in [9.17, 15) is 13.6 Å². The average Bonchev–Trinajstić information content (AvgIpc) is 3.43. The summed E-state index contributed by atoms with van der Waals surface area (Å²) in [6.07, 6.45) is 3.10. The van der Waals surface area contributed by atoms with Crippen LogP contribution in [-0.4, -0.2) is 24.3 Å². The molecule has 0 saturated carbocycles. The predicted octanol–water partition coefficient (Wildman–Crippen LogP) is 4.58. The molecule has 0 heterocycles. The molecule has 2 aromatic carbocycles. The third kappa shape index (κ3) is 4.81. The second-order valence-corrected chi connectivity index (χ2v) is 6.00. The lowest BCUT2D eigenvalue weighted by Crippen LogP contribution is -2.04. The molecule has 1 N–H and O–H groups in total. The van der Waals surface area contributed by atoms with Crippen molar-refractivity contribution in [1.29, 1.82) is 0 Å². The van der Waals surface area contributed by atoms with Crippen LogP contribution in [0.3, 0.4) is 0 Å². The number of ether oxygens (including phenoxy) is 2. The molecular weight excluding hydrogens is 342 g/mol. The summed E-state index contributed by atoms with van der Waals surface area (Å²) in [5, 5.41) is 8.56. The van der Waals surface area contributed by atoms with Crippen LogP contribution in [0, 0.1) is 11.6 Å². The van der Waals surface area contributed by atoms with Crippen molar-refractivity contribution in [1.82, 2.24) is 0 Å². The topological polar surface area (TPSA) is 55.8 Å². The van der Waals surface area contributed by atoms with Crippen molar-refractivity contribution in [3.05, 3.63) is 59.7 Å². The van der Waals surface area contributed by atoms with E-state index in [4.69, 9.17) is 14.6 Å². The van der Waals surface area contributed by atoms with E-state index in [1.165, 1.54) is 17.7 Å². The van der Waals surface area contributed by atoms with Crippen molar-refractivity contribution < 1.29 is 28.2 Å². The van der Waals surface area contributed by atoms with Gasteiger partial charge >= 0.3 is 5.97 Å². The average molecular weight is 360 g/mol. The second kappa shape index (κ2) is 7.99. The van der Waals surface area contributed by atoms with Crippen LogP contribution in [0.25, 0.3) is 11.1 Å². The van der Waals surface area contributed by atoms with Gasteiger partial charge in [-0.15, -0.1) is 0 Å². The van der Waals surface area contributed by atoms with Gasteiger partial charge in [0.25, 0.3) is 0 Å². The van der Waals surface area contributed by atoms with E-state index in [1.54, 1.807) is 24.3 Å². The Morgan fingerprint density at radius 2 is 1.81 bits per heavy atom. The molecule has 136 valence electrons. The van der Waals surface area contributed by atoms with Gasteiger partial charge in [0.15, 0.2) is 17.4 Å². The highest BCUT2D eigenvalue weighted by molar-refractivity contribution is 5.67. The molecule has 0 aliphatic heterocycles. The summed E-state index contributed by atoms with van der Waals surface area (Å²) in [5.41, 5.74) is 2.23. The predicted molar refractivity (Wildman–Crippen MR) is 92.4 cm³/mol. The fraction of sp³-hybridized carbons (Fsp3) is 0.250. The SMILES string of the molecule is O=C(O)CCCOc1c(F)cc(-c2cccc(OCC3=CC3)c2)cc1F. The quantitative estimate of drug-likeness (QED) is 0.525. The molecule has 0 spiro atoms. The molecule has 0 saturated heterocycles. The zero-order valence-corrected chi connectivity index (χ0v) is 14.0. The van der Waals surface area contributed by atoms with Crippen LogP contribution in [0.2, 0.25) is 0 Å². The minimum absolute atomic E-state index is 0.0708. The molecule has 26 heavy (non-hydrogen) atoms. The second-order valence-electron chi connectivity index (χ2n) is 6.00. The van der Waals surface area contributed by atoms with Crippen LogP contribution in [0.4, 0.5) is 8.78 Å². The number of carbonyl (C=O) groups is 1. The molecule has 1 aliphatic rings. The Balaban J connectivity index is 1.71. The Hall–Kier alpha value is -2.89. The molecule has 0 bridgehead atoms. The van der Waals surface area contributed by atoms with Gasteiger partial charge in [0.1, 0.15) is 12.4 Å². The van der Waals surface area contributed by atoms with Gasteiger partial charge in [0.05, 0.1) is 6.61 Å². The maximum Gasteiger partial charge on any atom is 0.303 e. The number of benzene rings is 2. The van der Waals surface area contributed by atoms with E-state index in [0.29, 0.717) is 23.5 Å². The van der Waals surface area contributed by atoms with Crippen LogP contribution in [0.5, 0.6) is 11.5 Å². The number of carboxylic acid groups (broad SMARTS) is 1. The Morgan fingerprint density at radius 3 is 2.46 bits per heavy atom. The Morgan fingerprint density at radius 1 is 1.08 bits per heavy atom. The lowest BCUT2D eigenvalue weighted by Gasteiger charge is -2.11. The number of aliphatic carboxylic acids is 1. The molecule has 0 aromatic heterocycles. The fourth-order valence-electron chi connectivity index (χ4n) is 2.39. The van der Waals surface area contributed by atoms with E-state index < -0.39 is 23.4 Å². The lowest BCUT2D eigenvalue weighted by molar-refractivity contribution is -0.137. The normalized spacial score (nSPS) is 12.5. The van der Waals surface area contributed by atoms with Gasteiger partial charge in [-0.25, -0.2) is 8.78 Å². The molecule has 0 amide bonds. The lowest BCUT2D eigenvalue weighted by atomic mass is 10.0. The highest BCUT2D eigenvalue weighted by atomic mass is 19.1. The number of carboxylic acids is 1. The largest absolute Gasteiger partial charge is 0.489 e. The van der Waals surface area contributed by atoms with Crippen molar-refractivity contribution in [2.45, 2.75) is 19.3 Å². The van der Waals surface area contributed by atoms with E-state index >= 15 is 0 Å². The molecule has 0 unspecified atom stereocenters. The molecular formula is C20H18F2O4. The summed E-state index contributed by atoms with van der Waals surface area (Å²) >= 11 is 0. The first-order valence-corrected chi connectivity index (χ1v) is 8.27. The number of allylic oxidation sites excluding steroid dienone is 1. The molecule has 4 nitrogen and oxygen atoms in total. The number of rotatable bonds is 9. The van der Waals surface area contributed by atoms with Crippen molar-refractivity contribution in [2.75, 3.05) is 13.2 Å². The highest BCUT2D eigenvalue weighted by Crippen LogP contribution is 2.31. The first-order valence-electron chi connectivity index (χ1n) is 8.27. The Kier molecular flexibility index (Phi) is 5.51. The maximum absolute atomic E-state index is 14.2. The van der Waals surface area contributed by atoms with Crippen LogP contribution in [0.1, 0.15) is 19.3 Å². The van der Waals surface area contributed by atoms with Crippen LogP contribution < -0.4 is 9.47 Å². The molecule has 1 aliphatic carbocycles. The fourth-order valence-corrected chi connectivity index (χ4v) is 2.39. The van der Waals surface area contributed by atoms with Crippen LogP contribution in [-0.2, 0) is 4.79 Å². The van der Waals surface area contributed by atoms with E-state index in [2.05, 4.69) is 6.08 Å². The van der Waals surface area contributed by atoms with E-state index in [1.807, 2.05) is 0 Å². The zero-order chi connectivity index (χ0) is 18.5. The van der Waals surface area contributed by atoms with E-state index in [-0.39, 0.29) is 19.4 Å². The Bertz CT molecular complexity index is 822. The van der Waals surface area contributed by atoms with Crippen molar-refractivity contribution in [3.8, 4) is 22.6 Å². The van der Waals surface area contributed by atoms with Gasteiger partial charge in [-0.3, -0.25) is 4.79 Å². The minimum Gasteiger partial charge on any atom is -0.489 e. The van der Waals surface area contributed by atoms with Gasteiger partial charge in [-0.1, -0.05) is 18.2 Å². The van der Waals surface area contributed by atoms with Gasteiger partial charge in [0.2, 0.25) is 0 Å². The summed E-state index contributed by atoms with van der Waals surface area (Å²) in [4.78, 5) is 10.4. The minimum atomic E-state index is -0.982. The third-order valence-corrected chi connectivity index (χ3v) is 3.86. The van der Waals surface area contributed by atoms with E-state index in [0.717, 1.165) is 6.42 Å². The van der Waals surface area contributed by atoms with Gasteiger partial charge in [-0.2, -0.15) is 0 Å². The standard InChI is InChI=1S/C20H18F2O4/c21-17-10-15(11-18(22)20(17)25-8-2-5-19(23)24)14-3-1-4-16(9-14)26-12-13-6-7-13/h1,3-4,6,9-11H,2,5,7-8,12H2,(H,23,24). The molecule has 0 atom stereocenters. The summed E-state index contributed by atoms with van der Waals surface area (Å²) in [6.45, 7) is 0.452. The summed E-state index contributed by atoms with van der Waals surface area (Å²) in [7, 11) is 0. The number of hydrogen-bond acceptors (Lipinski definition) is 3. The van der Waals surface area contributed by atoms with Gasteiger partial charge in [-0.05, 0) is 53.8 Å². The van der Waals surface area contributed by atoms with Crippen molar-refractivity contribution in [2.24, 2.45) is 0 Å². The summed E-state index contributed by atoms with van der Waals surface area (Å²) < 4.78 is 39.1. The monoisotopic (exact) mass is 360 g/mol. The van der Waals surface area contributed by atoms with Crippen LogP contribution in [0.15, 0.2) is 48.0 Å². The molecule has 0 fully saturated rings. The zero-order valence-electron chi connectivity index (χ0n) is 14.0. The molecule has 3 rings (SSSR count). The van der Waals surface area contributed by atoms with Crippen LogP contribution >= 0.6 is 0 Å². The number of halogens is 2. The summed E-state index contributed by atoms with van der Waals surface area (Å²) in [5.74, 6) is -2.50. The Labute approximate surface area is 149 Å². The molecule has 2 aromatic rings. The maximum atomic E-state index is 14.2. The first kappa shape index (κ1) is 17.9. The number of hydrogen-bond donors (Lipinski definition) is 1. The first-order chi connectivity index (χ1) is 12.5. The molecule has 6 heteroatoms. The van der Waals surface area contributed by atoms with Crippen molar-refractivity contribution >= 4 is 5.97 Å². The molecule has 0 radical (unpaired) electrons. The smallest absolute Gasteiger partial charge is 0.303 e. The summed E-state index contributed by atoms with van der Waals surface area (Å²) in [6, 6.07) is 9.41. The van der Waals surface area contributed by atoms with Gasteiger partial charge < -0.3 is 14.6 Å². The van der Waals surface area contributed by atoms with Crippen molar-refractivity contribution in [3.63, 3.8) is 0 Å². The van der Waals surface area contributed by atoms with Gasteiger partial charge in [0, 0.05) is 6.42 Å².